The molecule has 0 aromatic carbocycles. The van der Waals surface area contributed by atoms with Crippen LogP contribution < -0.4 is 0 Å². The van der Waals surface area contributed by atoms with Crippen LogP contribution in [-0.2, 0) is 11.3 Å². The molecule has 25 heavy (non-hydrogen) atoms. The molecular weight excluding hydrogens is 312 g/mol. The fourth-order valence-corrected chi connectivity index (χ4v) is 3.09. The molecule has 2 aromatic heterocycles. The number of aliphatic imine (C=N–C) groups is 1. The maximum atomic E-state index is 12.4. The molecule has 5 heteroatoms. The minimum atomic E-state index is 0.126. The largest absolute Gasteiger partial charge is 0.348 e. The third kappa shape index (κ3) is 3.29. The van der Waals surface area contributed by atoms with Gasteiger partial charge in [-0.1, -0.05) is 18.9 Å². The second-order valence-corrected chi connectivity index (χ2v) is 6.53. The first-order valence-corrected chi connectivity index (χ1v) is 8.48. The van der Waals surface area contributed by atoms with Crippen LogP contribution in [0.4, 0.5) is 5.69 Å². The lowest BCUT2D eigenvalue weighted by atomic mass is 10.0. The van der Waals surface area contributed by atoms with Crippen LogP contribution in [0, 0.1) is 17.8 Å². The summed E-state index contributed by atoms with van der Waals surface area (Å²) in [7, 11) is 0. The van der Waals surface area contributed by atoms with Crippen LogP contribution in [0.3, 0.4) is 0 Å². The lowest BCUT2D eigenvalue weighted by Crippen LogP contribution is -2.37. The Hall–Kier alpha value is -3.00. The maximum absolute atomic E-state index is 12.4. The first kappa shape index (κ1) is 15.5. The number of pyridine rings is 2. The number of hydrogen-bond donors (Lipinski definition) is 0. The molecule has 0 N–H and O–H groups in total. The molecule has 2 aromatic rings. The molecule has 0 radical (unpaired) electrons. The molecule has 1 atom stereocenters. The molecule has 124 valence electrons. The summed E-state index contributed by atoms with van der Waals surface area (Å²) < 4.78 is 0. The SMILES string of the molecule is C[C@H]1CCN2Cc3ncc(C#Cc4ccccn4)cc3N=C2C(=O)C1. The molecule has 0 amide bonds. The van der Waals surface area contributed by atoms with Gasteiger partial charge in [0, 0.05) is 30.9 Å². The van der Waals surface area contributed by atoms with Crippen molar-refractivity contribution in [3.8, 4) is 11.8 Å². The quantitative estimate of drug-likeness (QED) is 0.697. The number of carbonyl (C=O) groups is 1. The molecular formula is C20H18N4O. The number of carbonyl (C=O) groups excluding carboxylic acids is 1. The van der Waals surface area contributed by atoms with Gasteiger partial charge in [-0.25, -0.2) is 9.98 Å². The number of rotatable bonds is 0. The fourth-order valence-electron chi connectivity index (χ4n) is 3.09. The third-order valence-corrected chi connectivity index (χ3v) is 4.49. The first-order valence-electron chi connectivity index (χ1n) is 8.48. The number of nitrogens with zero attached hydrogens (tertiary/aromatic N) is 4. The molecule has 4 rings (SSSR count). The lowest BCUT2D eigenvalue weighted by Gasteiger charge is -2.27. The van der Waals surface area contributed by atoms with Crippen molar-refractivity contribution in [3.05, 3.63) is 53.6 Å². The predicted molar refractivity (Wildman–Crippen MR) is 95.4 cm³/mol. The normalized spacial score (nSPS) is 19.1. The predicted octanol–water partition coefficient (Wildman–Crippen LogP) is 2.72. The Balaban J connectivity index is 1.66. The van der Waals surface area contributed by atoms with Gasteiger partial charge in [-0.15, -0.1) is 0 Å². The number of Topliss-reactive ketones (excluding diaryl/α,β-unsaturated/α-hetero) is 1. The molecule has 0 unspecified atom stereocenters. The molecule has 2 aliphatic rings. The standard InChI is InChI=1S/C20H18N4O/c1-14-7-9-24-13-18-17(23-20(24)19(25)10-14)11-15(12-22-18)5-6-16-4-2-3-8-21-16/h2-4,8,11-12,14H,7,9-10,13H2,1H3/t14-/m0/s1. The van der Waals surface area contributed by atoms with Crippen molar-refractivity contribution in [1.29, 1.82) is 0 Å². The van der Waals surface area contributed by atoms with E-state index in [1.165, 1.54) is 0 Å². The molecule has 0 aliphatic carbocycles. The molecule has 1 fully saturated rings. The molecule has 0 spiro atoms. The van der Waals surface area contributed by atoms with Crippen molar-refractivity contribution in [2.24, 2.45) is 10.9 Å². The number of fused-ring (bicyclic) bond motifs is 2. The highest BCUT2D eigenvalue weighted by Crippen LogP contribution is 2.28. The molecule has 2 aliphatic heterocycles. The summed E-state index contributed by atoms with van der Waals surface area (Å²) in [5.41, 5.74) is 3.14. The van der Waals surface area contributed by atoms with Crippen molar-refractivity contribution in [1.82, 2.24) is 14.9 Å². The molecule has 0 bridgehead atoms. The van der Waals surface area contributed by atoms with Crippen LogP contribution in [0.5, 0.6) is 0 Å². The minimum Gasteiger partial charge on any atom is -0.348 e. The summed E-state index contributed by atoms with van der Waals surface area (Å²) in [6, 6.07) is 7.53. The van der Waals surface area contributed by atoms with Crippen molar-refractivity contribution in [3.63, 3.8) is 0 Å². The highest BCUT2D eigenvalue weighted by Gasteiger charge is 2.29. The number of hydrogen-bond acceptors (Lipinski definition) is 5. The molecule has 0 saturated carbocycles. The Morgan fingerprint density at radius 3 is 3.00 bits per heavy atom. The second-order valence-electron chi connectivity index (χ2n) is 6.53. The van der Waals surface area contributed by atoms with Gasteiger partial charge in [0.05, 0.1) is 17.9 Å². The number of ketones is 1. The van der Waals surface area contributed by atoms with Crippen LogP contribution in [0.2, 0.25) is 0 Å². The minimum absolute atomic E-state index is 0.126. The van der Waals surface area contributed by atoms with E-state index in [1.807, 2.05) is 24.3 Å². The van der Waals surface area contributed by atoms with E-state index in [9.17, 15) is 4.79 Å². The Kier molecular flexibility index (Phi) is 4.02. The zero-order valence-corrected chi connectivity index (χ0v) is 14.1. The van der Waals surface area contributed by atoms with Crippen LogP contribution in [0.25, 0.3) is 0 Å². The second kappa shape index (κ2) is 6.48. The van der Waals surface area contributed by atoms with E-state index in [2.05, 4.69) is 38.6 Å². The average Bonchev–Trinajstić information content (AvgIpc) is 2.77. The topological polar surface area (TPSA) is 58.5 Å². The van der Waals surface area contributed by atoms with Gasteiger partial charge in [-0.2, -0.15) is 0 Å². The van der Waals surface area contributed by atoms with Crippen molar-refractivity contribution >= 4 is 17.3 Å². The summed E-state index contributed by atoms with van der Waals surface area (Å²) in [5, 5.41) is 0. The zero-order valence-electron chi connectivity index (χ0n) is 14.1. The Morgan fingerprint density at radius 2 is 2.16 bits per heavy atom. The van der Waals surface area contributed by atoms with Gasteiger partial charge in [-0.05, 0) is 36.5 Å². The van der Waals surface area contributed by atoms with E-state index in [4.69, 9.17) is 0 Å². The van der Waals surface area contributed by atoms with Gasteiger partial charge in [0.15, 0.2) is 11.6 Å². The van der Waals surface area contributed by atoms with Crippen LogP contribution >= 0.6 is 0 Å². The van der Waals surface area contributed by atoms with Gasteiger partial charge in [0.25, 0.3) is 0 Å². The summed E-state index contributed by atoms with van der Waals surface area (Å²) in [5.74, 6) is 7.20. The molecule has 4 heterocycles. The van der Waals surface area contributed by atoms with Crippen LogP contribution in [-0.4, -0.2) is 33.0 Å². The Bertz CT molecular complexity index is 908. The van der Waals surface area contributed by atoms with E-state index in [1.54, 1.807) is 12.4 Å². The maximum Gasteiger partial charge on any atom is 0.198 e. The van der Waals surface area contributed by atoms with Crippen molar-refractivity contribution in [2.75, 3.05) is 6.54 Å². The van der Waals surface area contributed by atoms with E-state index in [-0.39, 0.29) is 5.78 Å². The fraction of sp³-hybridized carbons (Fsp3) is 0.300. The summed E-state index contributed by atoms with van der Waals surface area (Å²) in [6.45, 7) is 3.61. The Labute approximate surface area is 146 Å². The molecule has 5 nitrogen and oxygen atoms in total. The van der Waals surface area contributed by atoms with Gasteiger partial charge in [0.1, 0.15) is 5.69 Å². The monoisotopic (exact) mass is 330 g/mol. The van der Waals surface area contributed by atoms with Gasteiger partial charge in [-0.3, -0.25) is 9.78 Å². The van der Waals surface area contributed by atoms with Gasteiger partial charge < -0.3 is 4.90 Å². The van der Waals surface area contributed by atoms with Gasteiger partial charge in [0.2, 0.25) is 0 Å². The number of amidine groups is 1. The van der Waals surface area contributed by atoms with E-state index >= 15 is 0 Å². The summed E-state index contributed by atoms with van der Waals surface area (Å²) in [6.07, 6.45) is 5.05. The van der Waals surface area contributed by atoms with E-state index < -0.39 is 0 Å². The highest BCUT2D eigenvalue weighted by molar-refractivity contribution is 6.39. The van der Waals surface area contributed by atoms with Crippen molar-refractivity contribution < 1.29 is 4.79 Å². The summed E-state index contributed by atoms with van der Waals surface area (Å²) in [4.78, 5) is 27.8. The first-order chi connectivity index (χ1) is 12.2. The zero-order chi connectivity index (χ0) is 17.2. The molecule has 1 saturated heterocycles. The average molecular weight is 330 g/mol. The van der Waals surface area contributed by atoms with Crippen LogP contribution in [0.15, 0.2) is 41.7 Å². The van der Waals surface area contributed by atoms with Gasteiger partial charge >= 0.3 is 0 Å². The Morgan fingerprint density at radius 1 is 1.24 bits per heavy atom. The smallest absolute Gasteiger partial charge is 0.198 e. The highest BCUT2D eigenvalue weighted by atomic mass is 16.1. The van der Waals surface area contributed by atoms with Crippen molar-refractivity contribution in [2.45, 2.75) is 26.3 Å². The van der Waals surface area contributed by atoms with Crippen LogP contribution in [0.1, 0.15) is 36.7 Å². The van der Waals surface area contributed by atoms with E-state index in [0.29, 0.717) is 30.4 Å². The summed E-state index contributed by atoms with van der Waals surface area (Å²) >= 11 is 0. The third-order valence-electron chi connectivity index (χ3n) is 4.49. The van der Waals surface area contributed by atoms with E-state index in [0.717, 1.165) is 29.9 Å². The number of aromatic nitrogens is 2. The lowest BCUT2D eigenvalue weighted by molar-refractivity contribution is -0.114.